The van der Waals surface area contributed by atoms with Gasteiger partial charge in [0.1, 0.15) is 5.78 Å². The first-order chi connectivity index (χ1) is 9.56. The molecule has 1 N–H and O–H groups in total. The van der Waals surface area contributed by atoms with Crippen LogP contribution in [-0.2, 0) is 19.1 Å². The number of amides is 1. The van der Waals surface area contributed by atoms with Crippen molar-refractivity contribution in [3.8, 4) is 0 Å². The molecule has 0 spiro atoms. The van der Waals surface area contributed by atoms with Crippen molar-refractivity contribution in [3.63, 3.8) is 0 Å². The molecule has 0 aromatic carbocycles. The molecule has 2 fully saturated rings. The van der Waals surface area contributed by atoms with E-state index in [9.17, 15) is 9.59 Å². The maximum atomic E-state index is 12.2. The van der Waals surface area contributed by atoms with Crippen molar-refractivity contribution >= 4 is 11.7 Å². The zero-order valence-corrected chi connectivity index (χ0v) is 12.4. The maximum Gasteiger partial charge on any atom is 0.223 e. The van der Waals surface area contributed by atoms with E-state index in [0.29, 0.717) is 32.5 Å². The van der Waals surface area contributed by atoms with Crippen molar-refractivity contribution < 1.29 is 19.1 Å². The van der Waals surface area contributed by atoms with Crippen LogP contribution in [0.1, 0.15) is 39.5 Å². The minimum atomic E-state index is -0.0278. The topological polar surface area (TPSA) is 64.6 Å². The van der Waals surface area contributed by atoms with Crippen molar-refractivity contribution in [2.45, 2.75) is 51.7 Å². The molecule has 1 saturated carbocycles. The number of rotatable bonds is 5. The number of carbonyl (C=O) groups excluding carboxylic acids is 2. The minimum Gasteiger partial charge on any atom is -0.379 e. The van der Waals surface area contributed by atoms with Gasteiger partial charge in [0.2, 0.25) is 5.91 Å². The van der Waals surface area contributed by atoms with E-state index in [1.807, 2.05) is 13.8 Å². The molecule has 1 heterocycles. The Morgan fingerprint density at radius 1 is 1.50 bits per heavy atom. The maximum absolute atomic E-state index is 12.2. The van der Waals surface area contributed by atoms with Crippen molar-refractivity contribution in [3.05, 3.63) is 0 Å². The first kappa shape index (κ1) is 15.4. The summed E-state index contributed by atoms with van der Waals surface area (Å²) in [6, 6.07) is -0.00367. The summed E-state index contributed by atoms with van der Waals surface area (Å²) in [5.74, 6) is 0.330. The van der Waals surface area contributed by atoms with Crippen LogP contribution in [0.5, 0.6) is 0 Å². The molecule has 1 saturated heterocycles. The molecule has 5 nitrogen and oxygen atoms in total. The molecule has 1 aliphatic heterocycles. The molecule has 0 aromatic heterocycles. The molecule has 0 radical (unpaired) electrons. The summed E-state index contributed by atoms with van der Waals surface area (Å²) in [5.41, 5.74) is 0. The first-order valence-electron chi connectivity index (χ1n) is 7.58. The van der Waals surface area contributed by atoms with Crippen molar-refractivity contribution in [2.24, 2.45) is 11.8 Å². The normalized spacial score (nSPS) is 32.1. The smallest absolute Gasteiger partial charge is 0.223 e. The summed E-state index contributed by atoms with van der Waals surface area (Å²) < 4.78 is 10.9. The number of ether oxygens (including phenoxy) is 2. The average molecular weight is 283 g/mol. The van der Waals surface area contributed by atoms with Gasteiger partial charge in [-0.1, -0.05) is 6.92 Å². The SMILES string of the molecule is C[C@H](CO[C@@H]1CCOC1)NC(=O)[C@@H]1CCC(=O)[C@@H](C)C1. The Morgan fingerprint density at radius 2 is 2.30 bits per heavy atom. The standard InChI is InChI=1S/C15H25NO4/c1-10-7-12(3-4-14(10)17)15(18)16-11(2)8-20-13-5-6-19-9-13/h10-13H,3-9H2,1-2H3,(H,16,18)/t10-,11+,12+,13+/m0/s1. The number of hydrogen-bond acceptors (Lipinski definition) is 4. The lowest BCUT2D eigenvalue weighted by Gasteiger charge is -2.26. The number of carbonyl (C=O) groups is 2. The fourth-order valence-electron chi connectivity index (χ4n) is 2.80. The predicted octanol–water partition coefficient (Wildman–Crippen LogP) is 1.30. The van der Waals surface area contributed by atoms with Gasteiger partial charge in [0, 0.05) is 30.9 Å². The van der Waals surface area contributed by atoms with Crippen LogP contribution in [0.2, 0.25) is 0 Å². The third kappa shape index (κ3) is 4.28. The van der Waals surface area contributed by atoms with Crippen LogP contribution >= 0.6 is 0 Å². The lowest BCUT2D eigenvalue weighted by Crippen LogP contribution is -2.42. The van der Waals surface area contributed by atoms with Crippen molar-refractivity contribution in [1.82, 2.24) is 5.32 Å². The fourth-order valence-corrected chi connectivity index (χ4v) is 2.80. The van der Waals surface area contributed by atoms with Gasteiger partial charge in [0.05, 0.1) is 19.3 Å². The Hall–Kier alpha value is -0.940. The third-order valence-corrected chi connectivity index (χ3v) is 4.16. The Kier molecular flexibility index (Phi) is 5.54. The molecule has 0 aromatic rings. The highest BCUT2D eigenvalue weighted by molar-refractivity contribution is 5.86. The molecule has 5 heteroatoms. The second-order valence-electron chi connectivity index (χ2n) is 6.07. The number of hydrogen-bond donors (Lipinski definition) is 1. The lowest BCUT2D eigenvalue weighted by atomic mass is 9.81. The number of nitrogens with one attached hydrogen (secondary N) is 1. The van der Waals surface area contributed by atoms with Crippen LogP contribution in [0.15, 0.2) is 0 Å². The van der Waals surface area contributed by atoms with E-state index >= 15 is 0 Å². The molecule has 1 aliphatic carbocycles. The summed E-state index contributed by atoms with van der Waals surface area (Å²) >= 11 is 0. The Labute approximate surface area is 120 Å². The monoisotopic (exact) mass is 283 g/mol. The average Bonchev–Trinajstić information content (AvgIpc) is 2.92. The quantitative estimate of drug-likeness (QED) is 0.826. The second kappa shape index (κ2) is 7.18. The molecule has 1 amide bonds. The zero-order valence-electron chi connectivity index (χ0n) is 12.4. The van der Waals surface area contributed by atoms with Crippen LogP contribution in [0.3, 0.4) is 0 Å². The van der Waals surface area contributed by atoms with Gasteiger partial charge < -0.3 is 14.8 Å². The highest BCUT2D eigenvalue weighted by atomic mass is 16.5. The molecule has 114 valence electrons. The van der Waals surface area contributed by atoms with E-state index in [-0.39, 0.29) is 35.7 Å². The van der Waals surface area contributed by atoms with Gasteiger partial charge in [-0.05, 0) is 26.2 Å². The van der Waals surface area contributed by atoms with E-state index in [1.165, 1.54) is 0 Å². The van der Waals surface area contributed by atoms with Crippen LogP contribution in [0, 0.1) is 11.8 Å². The number of Topliss-reactive ketones (excluding diaryl/α,β-unsaturated/α-hetero) is 1. The molecule has 0 unspecified atom stereocenters. The van der Waals surface area contributed by atoms with E-state index < -0.39 is 0 Å². The van der Waals surface area contributed by atoms with Gasteiger partial charge in [-0.25, -0.2) is 0 Å². The van der Waals surface area contributed by atoms with E-state index in [1.54, 1.807) is 0 Å². The highest BCUT2D eigenvalue weighted by Gasteiger charge is 2.30. The Bertz CT molecular complexity index is 352. The summed E-state index contributed by atoms with van der Waals surface area (Å²) in [6.45, 7) is 5.79. The van der Waals surface area contributed by atoms with Crippen molar-refractivity contribution in [1.29, 1.82) is 0 Å². The molecule has 20 heavy (non-hydrogen) atoms. The van der Waals surface area contributed by atoms with Gasteiger partial charge in [-0.3, -0.25) is 9.59 Å². The van der Waals surface area contributed by atoms with Crippen LogP contribution < -0.4 is 5.32 Å². The van der Waals surface area contributed by atoms with Gasteiger partial charge in [0.25, 0.3) is 0 Å². The van der Waals surface area contributed by atoms with E-state index in [0.717, 1.165) is 13.0 Å². The third-order valence-electron chi connectivity index (χ3n) is 4.16. The van der Waals surface area contributed by atoms with Crippen LogP contribution in [0.4, 0.5) is 0 Å². The summed E-state index contributed by atoms with van der Waals surface area (Å²) in [7, 11) is 0. The largest absolute Gasteiger partial charge is 0.379 e. The summed E-state index contributed by atoms with van der Waals surface area (Å²) in [5, 5.41) is 2.99. The lowest BCUT2D eigenvalue weighted by molar-refractivity contribution is -0.131. The molecule has 0 bridgehead atoms. The van der Waals surface area contributed by atoms with Crippen LogP contribution in [-0.4, -0.2) is 43.7 Å². The molecular weight excluding hydrogens is 258 g/mol. The fraction of sp³-hybridized carbons (Fsp3) is 0.867. The second-order valence-corrected chi connectivity index (χ2v) is 6.07. The minimum absolute atomic E-state index is 0.00367. The Balaban J connectivity index is 1.68. The van der Waals surface area contributed by atoms with Crippen LogP contribution in [0.25, 0.3) is 0 Å². The molecule has 2 aliphatic rings. The van der Waals surface area contributed by atoms with Gasteiger partial charge in [-0.2, -0.15) is 0 Å². The van der Waals surface area contributed by atoms with E-state index in [2.05, 4.69) is 5.32 Å². The Morgan fingerprint density at radius 3 is 2.95 bits per heavy atom. The molecule has 2 rings (SSSR count). The van der Waals surface area contributed by atoms with Gasteiger partial charge in [-0.15, -0.1) is 0 Å². The summed E-state index contributed by atoms with van der Waals surface area (Å²) in [4.78, 5) is 23.6. The van der Waals surface area contributed by atoms with E-state index in [4.69, 9.17) is 9.47 Å². The predicted molar refractivity (Wildman–Crippen MR) is 74.3 cm³/mol. The highest BCUT2D eigenvalue weighted by Crippen LogP contribution is 2.26. The zero-order chi connectivity index (χ0) is 14.5. The summed E-state index contributed by atoms with van der Waals surface area (Å²) in [6.07, 6.45) is 2.99. The number of ketones is 1. The van der Waals surface area contributed by atoms with Crippen molar-refractivity contribution in [2.75, 3.05) is 19.8 Å². The first-order valence-corrected chi connectivity index (χ1v) is 7.58. The molecular formula is C15H25NO4. The molecule has 4 atom stereocenters. The van der Waals surface area contributed by atoms with Gasteiger partial charge >= 0.3 is 0 Å². The van der Waals surface area contributed by atoms with Gasteiger partial charge in [0.15, 0.2) is 0 Å².